The van der Waals surface area contributed by atoms with E-state index in [1.807, 2.05) is 36.4 Å². The van der Waals surface area contributed by atoms with Crippen LogP contribution in [0.1, 0.15) is 0 Å². The fourth-order valence-electron chi connectivity index (χ4n) is 1.77. The molecule has 0 fully saturated rings. The fourth-order valence-corrected chi connectivity index (χ4v) is 3.06. The predicted octanol–water partition coefficient (Wildman–Crippen LogP) is 4.60. The zero-order valence-corrected chi connectivity index (χ0v) is 12.3. The number of nitrogens with zero attached hydrogens (tertiary/aromatic N) is 1. The van der Waals surface area contributed by atoms with E-state index < -0.39 is 0 Å². The van der Waals surface area contributed by atoms with Crippen LogP contribution in [0, 0.1) is 0 Å². The molecule has 1 heterocycles. The second-order valence-corrected chi connectivity index (χ2v) is 5.70. The number of hydrogen-bond acceptors (Lipinski definition) is 3. The van der Waals surface area contributed by atoms with Gasteiger partial charge in [-0.3, -0.25) is 0 Å². The quantitative estimate of drug-likeness (QED) is 0.639. The van der Waals surface area contributed by atoms with E-state index in [1.54, 1.807) is 0 Å². The van der Waals surface area contributed by atoms with Crippen LogP contribution in [0.2, 0.25) is 0 Å². The van der Waals surface area contributed by atoms with Crippen molar-refractivity contribution in [3.05, 3.63) is 45.3 Å². The molecule has 0 aliphatic carbocycles. The van der Waals surface area contributed by atoms with Gasteiger partial charge in [0.25, 0.3) is 0 Å². The molecule has 5 heteroatoms. The van der Waals surface area contributed by atoms with Crippen molar-refractivity contribution in [2.24, 2.45) is 0 Å². The lowest BCUT2D eigenvalue weighted by molar-refractivity contribution is 0.620. The Labute approximate surface area is 120 Å². The minimum absolute atomic E-state index is 0.560. The van der Waals surface area contributed by atoms with Gasteiger partial charge in [0.05, 0.1) is 5.69 Å². The highest BCUT2D eigenvalue weighted by Gasteiger charge is 2.11. The number of fused-ring (bicyclic) bond motifs is 1. The average molecular weight is 368 g/mol. The predicted molar refractivity (Wildman–Crippen MR) is 79.3 cm³/mol. The Kier molecular flexibility index (Phi) is 2.87. The molecule has 90 valence electrons. The van der Waals surface area contributed by atoms with Crippen molar-refractivity contribution in [3.63, 3.8) is 0 Å². The SMILES string of the molecule is Nc1cccc2oc(-c3cc(Br)cc(Br)c3)nc12. The van der Waals surface area contributed by atoms with Gasteiger partial charge in [-0.2, -0.15) is 0 Å². The molecule has 0 unspecified atom stereocenters. The van der Waals surface area contributed by atoms with Crippen molar-refractivity contribution in [3.8, 4) is 11.5 Å². The minimum atomic E-state index is 0.560. The molecule has 1 aromatic heterocycles. The number of benzene rings is 2. The molecule has 0 bridgehead atoms. The summed E-state index contributed by atoms with van der Waals surface area (Å²) in [6, 6.07) is 11.4. The van der Waals surface area contributed by atoms with Crippen molar-refractivity contribution >= 4 is 48.6 Å². The van der Waals surface area contributed by atoms with E-state index in [2.05, 4.69) is 36.8 Å². The van der Waals surface area contributed by atoms with Crippen LogP contribution in [0.25, 0.3) is 22.6 Å². The summed E-state index contributed by atoms with van der Waals surface area (Å²) >= 11 is 6.89. The maximum atomic E-state index is 5.87. The van der Waals surface area contributed by atoms with E-state index in [0.29, 0.717) is 22.7 Å². The highest BCUT2D eigenvalue weighted by Crippen LogP contribution is 2.31. The van der Waals surface area contributed by atoms with E-state index in [9.17, 15) is 0 Å². The van der Waals surface area contributed by atoms with E-state index in [-0.39, 0.29) is 0 Å². The molecule has 18 heavy (non-hydrogen) atoms. The van der Waals surface area contributed by atoms with Gasteiger partial charge in [0, 0.05) is 14.5 Å². The molecule has 0 spiro atoms. The Morgan fingerprint density at radius 3 is 2.44 bits per heavy atom. The Morgan fingerprint density at radius 1 is 1.06 bits per heavy atom. The third-order valence-electron chi connectivity index (χ3n) is 2.56. The molecule has 0 atom stereocenters. The fraction of sp³-hybridized carbons (Fsp3) is 0. The number of rotatable bonds is 1. The van der Waals surface area contributed by atoms with Gasteiger partial charge in [-0.15, -0.1) is 0 Å². The van der Waals surface area contributed by atoms with E-state index in [0.717, 1.165) is 14.5 Å². The first-order valence-corrected chi connectivity index (χ1v) is 6.83. The first-order valence-electron chi connectivity index (χ1n) is 5.25. The van der Waals surface area contributed by atoms with Gasteiger partial charge in [-0.05, 0) is 30.3 Å². The average Bonchev–Trinajstić information content (AvgIpc) is 2.73. The maximum absolute atomic E-state index is 5.87. The Balaban J connectivity index is 2.22. The van der Waals surface area contributed by atoms with Crippen molar-refractivity contribution in [1.29, 1.82) is 0 Å². The number of para-hydroxylation sites is 1. The van der Waals surface area contributed by atoms with Crippen LogP contribution in [-0.4, -0.2) is 4.98 Å². The molecule has 0 aliphatic rings. The van der Waals surface area contributed by atoms with Crippen LogP contribution in [0.15, 0.2) is 49.8 Å². The second-order valence-electron chi connectivity index (χ2n) is 3.87. The summed E-state index contributed by atoms with van der Waals surface area (Å²) in [5.41, 5.74) is 8.78. The van der Waals surface area contributed by atoms with Gasteiger partial charge < -0.3 is 10.2 Å². The number of hydrogen-bond donors (Lipinski definition) is 1. The highest BCUT2D eigenvalue weighted by molar-refractivity contribution is 9.11. The Hall–Kier alpha value is -1.33. The highest BCUT2D eigenvalue weighted by atomic mass is 79.9. The van der Waals surface area contributed by atoms with Crippen molar-refractivity contribution in [2.75, 3.05) is 5.73 Å². The maximum Gasteiger partial charge on any atom is 0.227 e. The Morgan fingerprint density at radius 2 is 1.78 bits per heavy atom. The Bertz CT molecular complexity index is 717. The first kappa shape index (κ1) is 11.7. The van der Waals surface area contributed by atoms with E-state index in [1.165, 1.54) is 0 Å². The summed E-state index contributed by atoms with van der Waals surface area (Å²) in [5, 5.41) is 0. The summed E-state index contributed by atoms with van der Waals surface area (Å²) in [5.74, 6) is 0.560. The molecule has 3 nitrogen and oxygen atoms in total. The summed E-state index contributed by atoms with van der Waals surface area (Å²) < 4.78 is 7.63. The van der Waals surface area contributed by atoms with Crippen LogP contribution in [0.3, 0.4) is 0 Å². The zero-order valence-electron chi connectivity index (χ0n) is 9.15. The summed E-state index contributed by atoms with van der Waals surface area (Å²) in [6.07, 6.45) is 0. The van der Waals surface area contributed by atoms with Crippen molar-refractivity contribution < 1.29 is 4.42 Å². The molecule has 0 saturated carbocycles. The number of anilines is 1. The molecular weight excluding hydrogens is 360 g/mol. The van der Waals surface area contributed by atoms with Crippen molar-refractivity contribution in [2.45, 2.75) is 0 Å². The second kappa shape index (κ2) is 4.40. The van der Waals surface area contributed by atoms with Crippen LogP contribution in [-0.2, 0) is 0 Å². The smallest absolute Gasteiger partial charge is 0.227 e. The molecular formula is C13H8Br2N2O. The topological polar surface area (TPSA) is 52.0 Å². The van der Waals surface area contributed by atoms with Crippen LogP contribution in [0.4, 0.5) is 5.69 Å². The standard InChI is InChI=1S/C13H8Br2N2O/c14-8-4-7(5-9(15)6-8)13-17-12-10(16)2-1-3-11(12)18-13/h1-6H,16H2. The number of nitrogens with two attached hydrogens (primary N) is 1. The molecule has 0 saturated heterocycles. The number of nitrogen functional groups attached to an aromatic ring is 1. The normalized spacial score (nSPS) is 11.0. The number of halogens is 2. The van der Waals surface area contributed by atoms with Gasteiger partial charge in [-0.1, -0.05) is 37.9 Å². The molecule has 0 amide bonds. The van der Waals surface area contributed by atoms with E-state index >= 15 is 0 Å². The number of aromatic nitrogens is 1. The van der Waals surface area contributed by atoms with Gasteiger partial charge in [-0.25, -0.2) is 4.98 Å². The van der Waals surface area contributed by atoms with Crippen LogP contribution < -0.4 is 5.73 Å². The van der Waals surface area contributed by atoms with Gasteiger partial charge in [0.15, 0.2) is 5.58 Å². The van der Waals surface area contributed by atoms with Gasteiger partial charge in [0.2, 0.25) is 5.89 Å². The molecule has 2 N–H and O–H groups in total. The van der Waals surface area contributed by atoms with Crippen LogP contribution in [0.5, 0.6) is 0 Å². The third kappa shape index (κ3) is 2.04. The minimum Gasteiger partial charge on any atom is -0.436 e. The summed E-state index contributed by atoms with van der Waals surface area (Å²) in [6.45, 7) is 0. The lowest BCUT2D eigenvalue weighted by Crippen LogP contribution is -1.85. The monoisotopic (exact) mass is 366 g/mol. The number of oxazole rings is 1. The van der Waals surface area contributed by atoms with Gasteiger partial charge >= 0.3 is 0 Å². The third-order valence-corrected chi connectivity index (χ3v) is 3.48. The summed E-state index contributed by atoms with van der Waals surface area (Å²) in [4.78, 5) is 4.43. The van der Waals surface area contributed by atoms with Crippen molar-refractivity contribution in [1.82, 2.24) is 4.98 Å². The molecule has 0 aliphatic heterocycles. The van der Waals surface area contributed by atoms with Gasteiger partial charge in [0.1, 0.15) is 5.52 Å². The molecule has 3 rings (SSSR count). The summed E-state index contributed by atoms with van der Waals surface area (Å²) in [7, 11) is 0. The first-order chi connectivity index (χ1) is 8.63. The largest absolute Gasteiger partial charge is 0.436 e. The zero-order chi connectivity index (χ0) is 12.7. The lowest BCUT2D eigenvalue weighted by atomic mass is 10.2. The molecule has 3 aromatic rings. The molecule has 0 radical (unpaired) electrons. The lowest BCUT2D eigenvalue weighted by Gasteiger charge is -1.98. The molecule has 2 aromatic carbocycles. The van der Waals surface area contributed by atoms with E-state index in [4.69, 9.17) is 10.2 Å². The van der Waals surface area contributed by atoms with Crippen LogP contribution >= 0.6 is 31.9 Å².